The molecule has 0 radical (unpaired) electrons. The molecule has 1 atom stereocenters. The smallest absolute Gasteiger partial charge is 0.285 e. The van der Waals surface area contributed by atoms with Gasteiger partial charge >= 0.3 is 0 Å². The Balaban J connectivity index is 4.75. The van der Waals surface area contributed by atoms with E-state index in [1.165, 1.54) is 38.5 Å². The average Bonchev–Trinajstić information content (AvgIpc) is 2.60. The molecule has 0 aromatic heterocycles. The monoisotopic (exact) mass is 360 g/mol. The zero-order chi connectivity index (χ0) is 18.8. The highest BCUT2D eigenvalue weighted by molar-refractivity contribution is 4.73. The van der Waals surface area contributed by atoms with Gasteiger partial charge in [-0.3, -0.25) is 0 Å². The standard InChI is InChI=1S/C21H44O4/c1-6-11-12-13-14-15-16-20(17-19-22-18-7-2)21(23-8-3,24-9-4)25-10-5/h20H,6-19H2,1-5H3. The molecular weight excluding hydrogens is 316 g/mol. The first-order valence-corrected chi connectivity index (χ1v) is 10.7. The fourth-order valence-corrected chi connectivity index (χ4v) is 3.22. The largest absolute Gasteiger partial charge is 0.381 e. The molecule has 25 heavy (non-hydrogen) atoms. The summed E-state index contributed by atoms with van der Waals surface area (Å²) in [6, 6.07) is 0. The summed E-state index contributed by atoms with van der Waals surface area (Å²) < 4.78 is 23.8. The van der Waals surface area contributed by atoms with Gasteiger partial charge in [0.15, 0.2) is 0 Å². The topological polar surface area (TPSA) is 36.9 Å². The van der Waals surface area contributed by atoms with E-state index in [4.69, 9.17) is 18.9 Å². The zero-order valence-corrected chi connectivity index (χ0v) is 17.6. The highest BCUT2D eigenvalue weighted by atomic mass is 16.9. The molecule has 0 fully saturated rings. The Morgan fingerprint density at radius 1 is 0.600 bits per heavy atom. The Labute approximate surface area is 156 Å². The van der Waals surface area contributed by atoms with E-state index < -0.39 is 5.97 Å². The Hall–Kier alpha value is -0.160. The molecule has 0 aliphatic heterocycles. The van der Waals surface area contributed by atoms with Crippen molar-refractivity contribution in [3.05, 3.63) is 0 Å². The number of unbranched alkanes of at least 4 members (excludes halogenated alkanes) is 5. The molecule has 0 spiro atoms. The van der Waals surface area contributed by atoms with Crippen LogP contribution in [0.5, 0.6) is 0 Å². The third kappa shape index (κ3) is 11.2. The highest BCUT2D eigenvalue weighted by Gasteiger charge is 2.41. The Kier molecular flexibility index (Phi) is 17.2. The van der Waals surface area contributed by atoms with Gasteiger partial charge in [-0.25, -0.2) is 0 Å². The average molecular weight is 361 g/mol. The minimum Gasteiger partial charge on any atom is -0.381 e. The molecule has 4 nitrogen and oxygen atoms in total. The summed E-state index contributed by atoms with van der Waals surface area (Å²) in [6.07, 6.45) is 10.8. The first kappa shape index (κ1) is 24.8. The summed E-state index contributed by atoms with van der Waals surface area (Å²) in [4.78, 5) is 0. The zero-order valence-electron chi connectivity index (χ0n) is 17.6. The maximum absolute atomic E-state index is 6.03. The van der Waals surface area contributed by atoms with Gasteiger partial charge in [0.05, 0.1) is 0 Å². The second-order valence-corrected chi connectivity index (χ2v) is 6.56. The van der Waals surface area contributed by atoms with E-state index in [0.717, 1.165) is 32.5 Å². The molecule has 4 heteroatoms. The van der Waals surface area contributed by atoms with Crippen LogP contribution in [0.4, 0.5) is 0 Å². The van der Waals surface area contributed by atoms with E-state index in [-0.39, 0.29) is 5.92 Å². The molecule has 0 aromatic rings. The third-order valence-corrected chi connectivity index (χ3v) is 4.40. The summed E-state index contributed by atoms with van der Waals surface area (Å²) in [6.45, 7) is 13.7. The lowest BCUT2D eigenvalue weighted by atomic mass is 9.94. The van der Waals surface area contributed by atoms with Crippen LogP contribution in [0.25, 0.3) is 0 Å². The summed E-state index contributed by atoms with van der Waals surface area (Å²) in [7, 11) is 0. The van der Waals surface area contributed by atoms with Gasteiger partial charge in [-0.05, 0) is 40.0 Å². The van der Waals surface area contributed by atoms with Gasteiger partial charge in [0.25, 0.3) is 5.97 Å². The molecule has 0 amide bonds. The molecule has 152 valence electrons. The molecule has 0 bridgehead atoms. The maximum Gasteiger partial charge on any atom is 0.285 e. The van der Waals surface area contributed by atoms with Crippen molar-refractivity contribution in [2.45, 2.75) is 98.4 Å². The summed E-state index contributed by atoms with van der Waals surface area (Å²) >= 11 is 0. The van der Waals surface area contributed by atoms with E-state index >= 15 is 0 Å². The Morgan fingerprint density at radius 2 is 1.16 bits per heavy atom. The number of rotatable bonds is 19. The molecule has 0 heterocycles. The van der Waals surface area contributed by atoms with Crippen LogP contribution in [0, 0.1) is 5.92 Å². The molecule has 0 aliphatic carbocycles. The van der Waals surface area contributed by atoms with Crippen molar-refractivity contribution in [1.82, 2.24) is 0 Å². The second-order valence-electron chi connectivity index (χ2n) is 6.56. The van der Waals surface area contributed by atoms with E-state index in [1.54, 1.807) is 0 Å². The quantitative estimate of drug-likeness (QED) is 0.211. The van der Waals surface area contributed by atoms with Crippen molar-refractivity contribution in [1.29, 1.82) is 0 Å². The fraction of sp³-hybridized carbons (Fsp3) is 1.00. The van der Waals surface area contributed by atoms with Crippen LogP contribution < -0.4 is 0 Å². The van der Waals surface area contributed by atoms with Gasteiger partial charge in [-0.2, -0.15) is 0 Å². The van der Waals surface area contributed by atoms with Gasteiger partial charge in [-0.15, -0.1) is 0 Å². The van der Waals surface area contributed by atoms with Crippen molar-refractivity contribution >= 4 is 0 Å². The lowest BCUT2D eigenvalue weighted by Crippen LogP contribution is -2.47. The van der Waals surface area contributed by atoms with Crippen LogP contribution in [0.15, 0.2) is 0 Å². The minimum absolute atomic E-state index is 0.204. The Bertz CT molecular complexity index is 254. The van der Waals surface area contributed by atoms with E-state index in [0.29, 0.717) is 19.8 Å². The fourth-order valence-electron chi connectivity index (χ4n) is 3.22. The Morgan fingerprint density at radius 3 is 1.68 bits per heavy atom. The van der Waals surface area contributed by atoms with Crippen molar-refractivity contribution in [3.8, 4) is 0 Å². The van der Waals surface area contributed by atoms with Crippen molar-refractivity contribution in [2.24, 2.45) is 5.92 Å². The van der Waals surface area contributed by atoms with E-state index in [9.17, 15) is 0 Å². The van der Waals surface area contributed by atoms with Gasteiger partial charge in [0, 0.05) is 39.0 Å². The minimum atomic E-state index is -0.919. The molecule has 0 N–H and O–H groups in total. The molecule has 0 saturated carbocycles. The van der Waals surface area contributed by atoms with Crippen LogP contribution >= 0.6 is 0 Å². The molecule has 1 unspecified atom stereocenters. The summed E-state index contributed by atoms with van der Waals surface area (Å²) in [5.41, 5.74) is 0. The van der Waals surface area contributed by atoms with E-state index in [2.05, 4.69) is 13.8 Å². The lowest BCUT2D eigenvalue weighted by Gasteiger charge is -2.39. The number of hydrogen-bond donors (Lipinski definition) is 0. The predicted molar refractivity (Wildman–Crippen MR) is 105 cm³/mol. The molecule has 0 rings (SSSR count). The molecular formula is C21H44O4. The first-order valence-electron chi connectivity index (χ1n) is 10.7. The lowest BCUT2D eigenvalue weighted by molar-refractivity contribution is -0.403. The van der Waals surface area contributed by atoms with Gasteiger partial charge in [0.1, 0.15) is 0 Å². The van der Waals surface area contributed by atoms with Gasteiger partial charge in [0.2, 0.25) is 0 Å². The van der Waals surface area contributed by atoms with Crippen LogP contribution in [0.2, 0.25) is 0 Å². The normalized spacial score (nSPS) is 13.3. The molecule has 0 aliphatic rings. The van der Waals surface area contributed by atoms with Gasteiger partial charge in [-0.1, -0.05) is 52.4 Å². The first-order chi connectivity index (χ1) is 12.2. The van der Waals surface area contributed by atoms with Crippen LogP contribution in [-0.2, 0) is 18.9 Å². The van der Waals surface area contributed by atoms with Crippen molar-refractivity contribution in [2.75, 3.05) is 33.0 Å². The van der Waals surface area contributed by atoms with E-state index in [1.807, 2.05) is 20.8 Å². The van der Waals surface area contributed by atoms with Crippen LogP contribution in [0.3, 0.4) is 0 Å². The number of ether oxygens (including phenoxy) is 4. The van der Waals surface area contributed by atoms with Crippen LogP contribution in [0.1, 0.15) is 92.4 Å². The SMILES string of the molecule is CCCCCCCCC(CCOCCC)C(OCC)(OCC)OCC. The number of hydrogen-bond acceptors (Lipinski definition) is 4. The van der Waals surface area contributed by atoms with Crippen LogP contribution in [-0.4, -0.2) is 39.0 Å². The van der Waals surface area contributed by atoms with Crippen molar-refractivity contribution in [3.63, 3.8) is 0 Å². The molecule has 0 saturated heterocycles. The maximum atomic E-state index is 6.03. The summed E-state index contributed by atoms with van der Waals surface area (Å²) in [5, 5.41) is 0. The molecule has 0 aromatic carbocycles. The second kappa shape index (κ2) is 17.3. The highest BCUT2D eigenvalue weighted by Crippen LogP contribution is 2.33. The third-order valence-electron chi connectivity index (χ3n) is 4.40. The summed E-state index contributed by atoms with van der Waals surface area (Å²) in [5.74, 6) is -0.715. The predicted octanol–water partition coefficient (Wildman–Crippen LogP) is 5.93. The van der Waals surface area contributed by atoms with Gasteiger partial charge < -0.3 is 18.9 Å². The van der Waals surface area contributed by atoms with Crippen molar-refractivity contribution < 1.29 is 18.9 Å².